The van der Waals surface area contributed by atoms with Crippen LogP contribution in [-0.2, 0) is 0 Å². The summed E-state index contributed by atoms with van der Waals surface area (Å²) in [6.07, 6.45) is 4.77. The lowest BCUT2D eigenvalue weighted by Gasteiger charge is -2.33. The molecular formula is C20H30IN5O2. The van der Waals surface area contributed by atoms with E-state index in [4.69, 9.17) is 4.42 Å². The Labute approximate surface area is 183 Å². The van der Waals surface area contributed by atoms with Gasteiger partial charge in [-0.2, -0.15) is 0 Å². The van der Waals surface area contributed by atoms with Gasteiger partial charge in [-0.25, -0.2) is 4.98 Å². The van der Waals surface area contributed by atoms with Gasteiger partial charge in [-0.15, -0.1) is 24.0 Å². The SMILES string of the molecule is CCNC(=NCC(O)c1ccco1)NC1CCN(c2ccc(C)cn2)CC1.I. The standard InChI is InChI=1S/C20H29N5O2.HI/c1-3-21-20(23-14-17(26)18-5-4-12-27-18)24-16-8-10-25(11-9-16)19-7-6-15(2)13-22-19;/h4-7,12-13,16-17,26H,3,8-11,14H2,1-2H3,(H2,21,23,24);1H. The maximum atomic E-state index is 10.1. The fourth-order valence-electron chi connectivity index (χ4n) is 3.16. The average molecular weight is 499 g/mol. The van der Waals surface area contributed by atoms with E-state index in [0.29, 0.717) is 11.8 Å². The lowest BCUT2D eigenvalue weighted by Crippen LogP contribution is -2.49. The van der Waals surface area contributed by atoms with E-state index in [1.807, 2.05) is 13.1 Å². The first kappa shape index (κ1) is 22.5. The molecule has 1 aliphatic heterocycles. The Bertz CT molecular complexity index is 713. The first-order valence-corrected chi connectivity index (χ1v) is 9.59. The fourth-order valence-corrected chi connectivity index (χ4v) is 3.16. The van der Waals surface area contributed by atoms with Crippen LogP contribution in [0.15, 0.2) is 46.1 Å². The van der Waals surface area contributed by atoms with Crippen molar-refractivity contribution in [1.29, 1.82) is 0 Å². The van der Waals surface area contributed by atoms with E-state index in [2.05, 4.69) is 44.6 Å². The number of aryl methyl sites for hydroxylation is 1. The molecule has 3 N–H and O–H groups in total. The summed E-state index contributed by atoms with van der Waals surface area (Å²) in [6, 6.07) is 8.07. The normalized spacial score (nSPS) is 16.4. The fraction of sp³-hybridized carbons (Fsp3) is 0.500. The Kier molecular flexibility index (Phi) is 9.04. The quantitative estimate of drug-likeness (QED) is 0.322. The monoisotopic (exact) mass is 499 g/mol. The van der Waals surface area contributed by atoms with Crippen molar-refractivity contribution >= 4 is 35.8 Å². The lowest BCUT2D eigenvalue weighted by molar-refractivity contribution is 0.158. The molecule has 0 radical (unpaired) electrons. The maximum Gasteiger partial charge on any atom is 0.191 e. The van der Waals surface area contributed by atoms with Crippen LogP contribution in [0, 0.1) is 6.92 Å². The number of aliphatic imine (C=N–C) groups is 1. The number of aliphatic hydroxyl groups is 1. The molecule has 28 heavy (non-hydrogen) atoms. The van der Waals surface area contributed by atoms with Crippen LogP contribution in [0.1, 0.15) is 37.2 Å². The van der Waals surface area contributed by atoms with E-state index in [-0.39, 0.29) is 30.5 Å². The van der Waals surface area contributed by atoms with Crippen molar-refractivity contribution in [2.75, 3.05) is 31.1 Å². The van der Waals surface area contributed by atoms with Gasteiger partial charge in [0, 0.05) is 31.9 Å². The summed E-state index contributed by atoms with van der Waals surface area (Å²) in [5.41, 5.74) is 1.18. The Balaban J connectivity index is 0.00000280. The minimum absolute atomic E-state index is 0. The Morgan fingerprint density at radius 2 is 2.14 bits per heavy atom. The first-order chi connectivity index (χ1) is 13.2. The third-order valence-electron chi connectivity index (χ3n) is 4.69. The van der Waals surface area contributed by atoms with Gasteiger partial charge < -0.3 is 25.1 Å². The lowest BCUT2D eigenvalue weighted by atomic mass is 10.1. The second-order valence-electron chi connectivity index (χ2n) is 6.85. The van der Waals surface area contributed by atoms with Crippen LogP contribution >= 0.6 is 24.0 Å². The van der Waals surface area contributed by atoms with Crippen molar-refractivity contribution < 1.29 is 9.52 Å². The molecular weight excluding hydrogens is 469 g/mol. The highest BCUT2D eigenvalue weighted by molar-refractivity contribution is 14.0. The van der Waals surface area contributed by atoms with Crippen molar-refractivity contribution in [1.82, 2.24) is 15.6 Å². The maximum absolute atomic E-state index is 10.1. The minimum Gasteiger partial charge on any atom is -0.467 e. The predicted molar refractivity (Wildman–Crippen MR) is 122 cm³/mol. The van der Waals surface area contributed by atoms with Crippen LogP contribution in [0.5, 0.6) is 0 Å². The highest BCUT2D eigenvalue weighted by Gasteiger charge is 2.21. The van der Waals surface area contributed by atoms with Gasteiger partial charge in [-0.3, -0.25) is 4.99 Å². The van der Waals surface area contributed by atoms with Gasteiger partial charge in [0.25, 0.3) is 0 Å². The van der Waals surface area contributed by atoms with Gasteiger partial charge in [-0.05, 0) is 50.5 Å². The minimum atomic E-state index is -0.732. The smallest absolute Gasteiger partial charge is 0.191 e. The number of nitrogens with zero attached hydrogens (tertiary/aromatic N) is 3. The molecule has 0 aliphatic carbocycles. The number of rotatable bonds is 6. The Morgan fingerprint density at radius 1 is 1.36 bits per heavy atom. The molecule has 0 spiro atoms. The number of guanidine groups is 1. The molecule has 154 valence electrons. The van der Waals surface area contributed by atoms with Crippen LogP contribution in [0.2, 0.25) is 0 Å². The molecule has 1 aliphatic rings. The zero-order valence-corrected chi connectivity index (χ0v) is 18.8. The zero-order valence-electron chi connectivity index (χ0n) is 16.5. The summed E-state index contributed by atoms with van der Waals surface area (Å²) in [5, 5.41) is 16.9. The van der Waals surface area contributed by atoms with Gasteiger partial charge in [0.1, 0.15) is 17.7 Å². The van der Waals surface area contributed by atoms with E-state index in [1.54, 1.807) is 18.4 Å². The van der Waals surface area contributed by atoms with Gasteiger partial charge >= 0.3 is 0 Å². The first-order valence-electron chi connectivity index (χ1n) is 9.59. The molecule has 1 atom stereocenters. The Morgan fingerprint density at radius 3 is 2.75 bits per heavy atom. The topological polar surface area (TPSA) is 85.9 Å². The molecule has 1 unspecified atom stereocenters. The number of furan rings is 1. The van der Waals surface area contributed by atoms with Crippen LogP contribution in [0.4, 0.5) is 5.82 Å². The van der Waals surface area contributed by atoms with Crippen LogP contribution < -0.4 is 15.5 Å². The molecule has 7 nitrogen and oxygen atoms in total. The van der Waals surface area contributed by atoms with Gasteiger partial charge in [0.05, 0.1) is 12.8 Å². The number of anilines is 1. The summed E-state index contributed by atoms with van der Waals surface area (Å²) >= 11 is 0. The molecule has 2 aromatic heterocycles. The van der Waals surface area contributed by atoms with E-state index in [9.17, 15) is 5.11 Å². The molecule has 0 amide bonds. The van der Waals surface area contributed by atoms with Crippen LogP contribution in [0.25, 0.3) is 0 Å². The largest absolute Gasteiger partial charge is 0.467 e. The second-order valence-corrected chi connectivity index (χ2v) is 6.85. The van der Waals surface area contributed by atoms with Crippen molar-refractivity contribution in [3.8, 4) is 0 Å². The molecule has 1 fully saturated rings. The van der Waals surface area contributed by atoms with Crippen molar-refractivity contribution in [2.45, 2.75) is 38.8 Å². The third kappa shape index (κ3) is 6.37. The van der Waals surface area contributed by atoms with E-state index >= 15 is 0 Å². The highest BCUT2D eigenvalue weighted by atomic mass is 127. The number of aliphatic hydroxyl groups excluding tert-OH is 1. The number of pyridine rings is 1. The van der Waals surface area contributed by atoms with E-state index < -0.39 is 6.10 Å². The predicted octanol–water partition coefficient (Wildman–Crippen LogP) is 2.86. The zero-order chi connectivity index (χ0) is 19.1. The number of hydrogen-bond acceptors (Lipinski definition) is 5. The summed E-state index contributed by atoms with van der Waals surface area (Å²) in [4.78, 5) is 11.4. The second kappa shape index (κ2) is 11.3. The summed E-state index contributed by atoms with van der Waals surface area (Å²) in [7, 11) is 0. The van der Waals surface area contributed by atoms with E-state index in [0.717, 1.165) is 44.3 Å². The molecule has 0 bridgehead atoms. The van der Waals surface area contributed by atoms with Gasteiger partial charge in [0.2, 0.25) is 0 Å². The number of piperidine rings is 1. The number of halogens is 1. The number of hydrogen-bond donors (Lipinski definition) is 3. The van der Waals surface area contributed by atoms with Crippen molar-refractivity contribution in [3.63, 3.8) is 0 Å². The van der Waals surface area contributed by atoms with Crippen molar-refractivity contribution in [2.24, 2.45) is 4.99 Å². The molecule has 3 rings (SSSR count). The van der Waals surface area contributed by atoms with Crippen LogP contribution in [0.3, 0.4) is 0 Å². The summed E-state index contributed by atoms with van der Waals surface area (Å²) < 4.78 is 5.23. The summed E-state index contributed by atoms with van der Waals surface area (Å²) in [5.74, 6) is 2.31. The molecule has 8 heteroatoms. The molecule has 0 aromatic carbocycles. The Hall–Kier alpha value is -1.81. The third-order valence-corrected chi connectivity index (χ3v) is 4.69. The van der Waals surface area contributed by atoms with Gasteiger partial charge in [0.15, 0.2) is 5.96 Å². The van der Waals surface area contributed by atoms with Gasteiger partial charge in [-0.1, -0.05) is 6.07 Å². The molecule has 1 saturated heterocycles. The molecule has 3 heterocycles. The highest BCUT2D eigenvalue weighted by Crippen LogP contribution is 2.18. The molecule has 0 saturated carbocycles. The number of aromatic nitrogens is 1. The van der Waals surface area contributed by atoms with Crippen LogP contribution in [-0.4, -0.2) is 48.3 Å². The average Bonchev–Trinajstić information content (AvgIpc) is 3.22. The molecule has 2 aromatic rings. The number of nitrogens with one attached hydrogen (secondary N) is 2. The van der Waals surface area contributed by atoms with Crippen molar-refractivity contribution in [3.05, 3.63) is 48.0 Å². The summed E-state index contributed by atoms with van der Waals surface area (Å²) in [6.45, 7) is 7.04. The van der Waals surface area contributed by atoms with E-state index in [1.165, 1.54) is 5.56 Å².